The van der Waals surface area contributed by atoms with E-state index in [1.807, 2.05) is 7.05 Å². The summed E-state index contributed by atoms with van der Waals surface area (Å²) < 4.78 is 5.89. The Morgan fingerprint density at radius 2 is 1.93 bits per heavy atom. The molecule has 1 aliphatic carbocycles. The smallest absolute Gasteiger partial charge is 0.191 e. The highest BCUT2D eigenvalue weighted by molar-refractivity contribution is 14.0. The maximum Gasteiger partial charge on any atom is 0.191 e. The van der Waals surface area contributed by atoms with E-state index in [4.69, 9.17) is 4.74 Å². The van der Waals surface area contributed by atoms with Crippen molar-refractivity contribution in [2.24, 2.45) is 16.3 Å². The highest BCUT2D eigenvalue weighted by Crippen LogP contribution is 2.52. The summed E-state index contributed by atoms with van der Waals surface area (Å²) in [6.07, 6.45) is 5.97. The second kappa shape index (κ2) is 8.39. The van der Waals surface area contributed by atoms with Crippen LogP contribution < -0.4 is 15.5 Å². The Morgan fingerprint density at radius 3 is 2.59 bits per heavy atom. The molecule has 2 heterocycles. The highest BCUT2D eigenvalue weighted by atomic mass is 127. The fourth-order valence-corrected chi connectivity index (χ4v) is 4.66. The van der Waals surface area contributed by atoms with Crippen molar-refractivity contribution in [3.63, 3.8) is 0 Å². The van der Waals surface area contributed by atoms with Gasteiger partial charge in [0.05, 0.1) is 6.10 Å². The lowest BCUT2D eigenvalue weighted by Crippen LogP contribution is -2.67. The summed E-state index contributed by atoms with van der Waals surface area (Å²) in [7, 11) is 1.84. The highest BCUT2D eigenvalue weighted by Gasteiger charge is 2.59. The van der Waals surface area contributed by atoms with Crippen molar-refractivity contribution in [3.05, 3.63) is 42.0 Å². The zero-order chi connectivity index (χ0) is 18.1. The molecule has 1 aromatic rings. The van der Waals surface area contributed by atoms with Crippen LogP contribution in [0.1, 0.15) is 25.8 Å². The summed E-state index contributed by atoms with van der Waals surface area (Å²) in [5, 5.41) is 7.10. The van der Waals surface area contributed by atoms with Crippen molar-refractivity contribution in [1.82, 2.24) is 10.6 Å². The van der Waals surface area contributed by atoms with E-state index in [0.29, 0.717) is 18.1 Å². The fourth-order valence-electron chi connectivity index (χ4n) is 4.66. The van der Waals surface area contributed by atoms with Crippen molar-refractivity contribution < 1.29 is 4.74 Å². The third kappa shape index (κ3) is 3.97. The predicted molar refractivity (Wildman–Crippen MR) is 122 cm³/mol. The Hall–Kier alpha value is -1.28. The monoisotopic (exact) mass is 482 g/mol. The van der Waals surface area contributed by atoms with Crippen LogP contribution in [0, 0.1) is 11.3 Å². The van der Waals surface area contributed by atoms with Gasteiger partial charge in [0.2, 0.25) is 0 Å². The van der Waals surface area contributed by atoms with Crippen LogP contribution in [0.2, 0.25) is 0 Å². The molecule has 5 nitrogen and oxygen atoms in total. The average Bonchev–Trinajstić information content (AvgIpc) is 3.33. The number of halogens is 1. The summed E-state index contributed by atoms with van der Waals surface area (Å²) in [6, 6.07) is 9.22. The average molecular weight is 482 g/mol. The van der Waals surface area contributed by atoms with Gasteiger partial charge in [-0.2, -0.15) is 0 Å². The minimum Gasteiger partial charge on any atom is -0.377 e. The number of hydrogen-bond donors (Lipinski definition) is 2. The number of anilines is 1. The third-order valence-electron chi connectivity index (χ3n) is 6.20. The van der Waals surface area contributed by atoms with Gasteiger partial charge < -0.3 is 20.3 Å². The largest absolute Gasteiger partial charge is 0.377 e. The van der Waals surface area contributed by atoms with Crippen LogP contribution in [-0.2, 0) is 11.3 Å². The summed E-state index contributed by atoms with van der Waals surface area (Å²) in [4.78, 5) is 6.78. The van der Waals surface area contributed by atoms with Crippen molar-refractivity contribution in [2.45, 2.75) is 39.0 Å². The lowest BCUT2D eigenvalue weighted by atomic mass is 9.57. The summed E-state index contributed by atoms with van der Waals surface area (Å²) in [5.41, 5.74) is 2.70. The molecular weight excluding hydrogens is 451 g/mol. The van der Waals surface area contributed by atoms with Crippen molar-refractivity contribution >= 4 is 35.6 Å². The normalized spacial score (nSPS) is 28.3. The number of nitrogens with one attached hydrogen (secondary N) is 2. The molecular formula is C21H31IN4O. The Labute approximate surface area is 179 Å². The Bertz CT molecular complexity index is 693. The van der Waals surface area contributed by atoms with Crippen LogP contribution >= 0.6 is 24.0 Å². The van der Waals surface area contributed by atoms with Crippen LogP contribution in [0.5, 0.6) is 0 Å². The Kier molecular flexibility index (Phi) is 6.35. The Balaban J connectivity index is 0.00000210. The number of ether oxygens (including phenoxy) is 1. The van der Waals surface area contributed by atoms with E-state index in [9.17, 15) is 0 Å². The van der Waals surface area contributed by atoms with Gasteiger partial charge in [0.1, 0.15) is 0 Å². The SMILES string of the molecule is CN=C(NCc1ccc(N2CC=CC2)cc1)NC1C2CCOC2C1(C)C.I. The van der Waals surface area contributed by atoms with Crippen LogP contribution in [0.3, 0.4) is 0 Å². The number of guanidine groups is 1. The predicted octanol–water partition coefficient (Wildman–Crippen LogP) is 3.16. The summed E-state index contributed by atoms with van der Waals surface area (Å²) >= 11 is 0. The van der Waals surface area contributed by atoms with E-state index < -0.39 is 0 Å². The summed E-state index contributed by atoms with van der Waals surface area (Å²) in [5.74, 6) is 1.48. The van der Waals surface area contributed by atoms with Crippen molar-refractivity contribution in [2.75, 3.05) is 31.6 Å². The first kappa shape index (κ1) is 20.5. The maximum absolute atomic E-state index is 5.89. The van der Waals surface area contributed by atoms with Crippen LogP contribution in [0.25, 0.3) is 0 Å². The number of hydrogen-bond acceptors (Lipinski definition) is 3. The van der Waals surface area contributed by atoms with Gasteiger partial charge in [-0.05, 0) is 24.1 Å². The van der Waals surface area contributed by atoms with Gasteiger partial charge in [-0.25, -0.2) is 0 Å². The number of rotatable bonds is 4. The quantitative estimate of drug-likeness (QED) is 0.300. The number of nitrogens with zero attached hydrogens (tertiary/aromatic N) is 2. The number of aliphatic imine (C=N–C) groups is 1. The van der Waals surface area contributed by atoms with Crippen LogP contribution in [0.15, 0.2) is 41.4 Å². The molecule has 148 valence electrons. The van der Waals surface area contributed by atoms with E-state index in [-0.39, 0.29) is 29.4 Å². The first-order chi connectivity index (χ1) is 12.6. The third-order valence-corrected chi connectivity index (χ3v) is 6.20. The molecule has 0 amide bonds. The minimum atomic E-state index is 0. The molecule has 3 unspecified atom stereocenters. The van der Waals surface area contributed by atoms with E-state index in [0.717, 1.165) is 38.6 Å². The molecule has 0 bridgehead atoms. The minimum absolute atomic E-state index is 0. The molecule has 1 saturated heterocycles. The van der Waals surface area contributed by atoms with Crippen molar-refractivity contribution in [1.29, 1.82) is 0 Å². The van der Waals surface area contributed by atoms with Gasteiger partial charge in [0.25, 0.3) is 0 Å². The fraction of sp³-hybridized carbons (Fsp3) is 0.571. The lowest BCUT2D eigenvalue weighted by Gasteiger charge is -2.54. The first-order valence-corrected chi connectivity index (χ1v) is 9.67. The van der Waals surface area contributed by atoms with E-state index in [1.165, 1.54) is 11.3 Å². The Morgan fingerprint density at radius 1 is 1.22 bits per heavy atom. The molecule has 6 heteroatoms. The van der Waals surface area contributed by atoms with E-state index in [1.54, 1.807) is 0 Å². The second-order valence-corrected chi connectivity index (χ2v) is 8.16. The molecule has 2 fully saturated rings. The van der Waals surface area contributed by atoms with Gasteiger partial charge in [-0.1, -0.05) is 38.1 Å². The molecule has 1 aromatic carbocycles. The van der Waals surface area contributed by atoms with Gasteiger partial charge in [0.15, 0.2) is 5.96 Å². The lowest BCUT2D eigenvalue weighted by molar-refractivity contribution is -0.106. The zero-order valence-corrected chi connectivity index (χ0v) is 18.8. The molecule has 27 heavy (non-hydrogen) atoms. The van der Waals surface area contributed by atoms with Crippen LogP contribution in [-0.4, -0.2) is 44.8 Å². The zero-order valence-electron chi connectivity index (χ0n) is 16.4. The van der Waals surface area contributed by atoms with Gasteiger partial charge >= 0.3 is 0 Å². The molecule has 0 radical (unpaired) electrons. The molecule has 2 aliphatic heterocycles. The molecule has 1 saturated carbocycles. The number of fused-ring (bicyclic) bond motifs is 1. The molecule has 3 atom stereocenters. The van der Waals surface area contributed by atoms with Crippen molar-refractivity contribution in [3.8, 4) is 0 Å². The standard InChI is InChI=1S/C21H30N4O.HI/c1-21(2)18(17-10-13-26-19(17)21)24-20(22-3)23-14-15-6-8-16(9-7-15)25-11-4-5-12-25;/h4-9,17-19H,10-14H2,1-3H3,(H2,22,23,24);1H. The van der Waals surface area contributed by atoms with E-state index >= 15 is 0 Å². The first-order valence-electron chi connectivity index (χ1n) is 9.67. The molecule has 0 aromatic heterocycles. The van der Waals surface area contributed by atoms with Gasteiger partial charge in [-0.15, -0.1) is 24.0 Å². The molecule has 3 aliphatic rings. The molecule has 4 rings (SSSR count). The maximum atomic E-state index is 5.89. The van der Waals surface area contributed by atoms with Gasteiger partial charge in [-0.3, -0.25) is 4.99 Å². The topological polar surface area (TPSA) is 48.9 Å². The summed E-state index contributed by atoms with van der Waals surface area (Å²) in [6.45, 7) is 8.26. The van der Waals surface area contributed by atoms with Crippen LogP contribution in [0.4, 0.5) is 5.69 Å². The second-order valence-electron chi connectivity index (χ2n) is 8.16. The molecule has 2 N–H and O–H groups in total. The molecule has 0 spiro atoms. The number of benzene rings is 1. The van der Waals surface area contributed by atoms with E-state index in [2.05, 4.69) is 70.8 Å². The van der Waals surface area contributed by atoms with Gasteiger partial charge in [0, 0.05) is 56.4 Å².